The van der Waals surface area contributed by atoms with Crippen LogP contribution in [0.5, 0.6) is 0 Å². The van der Waals surface area contributed by atoms with E-state index >= 15 is 0 Å². The number of hydrogen-bond donors (Lipinski definition) is 3. The summed E-state index contributed by atoms with van der Waals surface area (Å²) < 4.78 is 0. The molecule has 1 fully saturated rings. The summed E-state index contributed by atoms with van der Waals surface area (Å²) in [5.41, 5.74) is 10.3. The van der Waals surface area contributed by atoms with E-state index in [2.05, 4.69) is 37.8 Å². The fourth-order valence-electron chi connectivity index (χ4n) is 4.23. The summed E-state index contributed by atoms with van der Waals surface area (Å²) in [7, 11) is 0. The minimum absolute atomic E-state index is 0.116. The fourth-order valence-corrected chi connectivity index (χ4v) is 4.23. The number of nitrogens with two attached hydrogens (primary N) is 1. The Kier molecular flexibility index (Phi) is 3.65. The second kappa shape index (κ2) is 6.06. The van der Waals surface area contributed by atoms with Crippen molar-refractivity contribution >= 4 is 27.9 Å². The molecule has 4 heterocycles. The van der Waals surface area contributed by atoms with Crippen molar-refractivity contribution in [2.45, 2.75) is 25.2 Å². The van der Waals surface area contributed by atoms with Gasteiger partial charge >= 0.3 is 0 Å². The highest BCUT2D eigenvalue weighted by Crippen LogP contribution is 2.37. The first-order valence-electron chi connectivity index (χ1n) is 9.39. The van der Waals surface area contributed by atoms with Crippen LogP contribution in [0.15, 0.2) is 36.8 Å². The molecule has 0 unspecified atom stereocenters. The van der Waals surface area contributed by atoms with Crippen LogP contribution in [0.25, 0.3) is 22.1 Å². The number of H-pyrrole nitrogens is 2. The quantitative estimate of drug-likeness (QED) is 0.521. The average molecular weight is 361 g/mol. The van der Waals surface area contributed by atoms with Gasteiger partial charge in [0, 0.05) is 31.2 Å². The Labute approximate surface area is 157 Å². The van der Waals surface area contributed by atoms with Crippen molar-refractivity contribution in [2.75, 3.05) is 24.5 Å². The Hall–Kier alpha value is -2.93. The van der Waals surface area contributed by atoms with E-state index in [1.165, 1.54) is 5.56 Å². The van der Waals surface area contributed by atoms with Crippen molar-refractivity contribution in [3.05, 3.63) is 48.2 Å². The lowest BCUT2D eigenvalue weighted by Gasteiger charge is -2.40. The molecular formula is C20H23N7. The number of anilines is 1. The summed E-state index contributed by atoms with van der Waals surface area (Å²) in [6, 6.07) is 8.16. The molecule has 27 heavy (non-hydrogen) atoms. The van der Waals surface area contributed by atoms with Gasteiger partial charge in [0.25, 0.3) is 0 Å². The van der Waals surface area contributed by atoms with E-state index in [1.807, 2.05) is 24.4 Å². The van der Waals surface area contributed by atoms with Gasteiger partial charge in [-0.1, -0.05) is 12.1 Å². The van der Waals surface area contributed by atoms with Crippen LogP contribution >= 0.6 is 0 Å². The van der Waals surface area contributed by atoms with Gasteiger partial charge in [-0.05, 0) is 37.5 Å². The first-order chi connectivity index (χ1) is 13.2. The van der Waals surface area contributed by atoms with E-state index in [9.17, 15) is 0 Å². The average Bonchev–Trinajstić information content (AvgIpc) is 3.32. The number of rotatable bonds is 3. The Morgan fingerprint density at radius 3 is 2.78 bits per heavy atom. The molecule has 4 aromatic rings. The molecule has 7 heteroatoms. The molecule has 0 radical (unpaired) electrons. The third kappa shape index (κ3) is 2.49. The standard InChI is InChI=1S/C20H23N7/c1-13-10-22-17-16(13)18(24-12-23-17)27-8-6-20(11-21,7-9-27)19-25-14-4-2-3-5-15(14)26-19/h2-5,10,12H,6-9,11,21H2,1H3,(H,25,26)(H,22,23,24). The van der Waals surface area contributed by atoms with E-state index in [1.54, 1.807) is 6.33 Å². The van der Waals surface area contributed by atoms with E-state index in [0.717, 1.165) is 59.6 Å². The zero-order valence-corrected chi connectivity index (χ0v) is 15.4. The number of nitrogens with zero attached hydrogens (tertiary/aromatic N) is 4. The van der Waals surface area contributed by atoms with Crippen molar-refractivity contribution in [1.82, 2.24) is 24.9 Å². The Morgan fingerprint density at radius 2 is 2.00 bits per heavy atom. The summed E-state index contributed by atoms with van der Waals surface area (Å²) in [6.07, 6.45) is 5.51. The fraction of sp³-hybridized carbons (Fsp3) is 0.350. The van der Waals surface area contributed by atoms with E-state index < -0.39 is 0 Å². The maximum Gasteiger partial charge on any atom is 0.143 e. The highest BCUT2D eigenvalue weighted by Gasteiger charge is 2.38. The molecule has 1 aromatic carbocycles. The Morgan fingerprint density at radius 1 is 1.19 bits per heavy atom. The zero-order chi connectivity index (χ0) is 18.4. The molecule has 0 atom stereocenters. The normalized spacial score (nSPS) is 17.0. The van der Waals surface area contributed by atoms with Crippen LogP contribution in [0, 0.1) is 6.92 Å². The molecule has 0 saturated carbocycles. The number of piperidine rings is 1. The number of benzene rings is 1. The number of aromatic amines is 2. The Bertz CT molecular complexity index is 1070. The van der Waals surface area contributed by atoms with Crippen molar-refractivity contribution < 1.29 is 0 Å². The van der Waals surface area contributed by atoms with Crippen LogP contribution in [-0.2, 0) is 5.41 Å². The van der Waals surface area contributed by atoms with Gasteiger partial charge in [0.15, 0.2) is 0 Å². The van der Waals surface area contributed by atoms with Gasteiger partial charge in [-0.15, -0.1) is 0 Å². The molecule has 3 aromatic heterocycles. The molecule has 0 aliphatic carbocycles. The summed E-state index contributed by atoms with van der Waals surface area (Å²) in [5, 5.41) is 1.11. The molecule has 138 valence electrons. The van der Waals surface area contributed by atoms with Crippen LogP contribution in [0.2, 0.25) is 0 Å². The summed E-state index contributed by atoms with van der Waals surface area (Å²) in [4.78, 5) is 22.9. The topological polar surface area (TPSA) is 99.5 Å². The molecule has 5 rings (SSSR count). The number of para-hydroxylation sites is 2. The molecule has 0 spiro atoms. The van der Waals surface area contributed by atoms with Gasteiger partial charge in [0.1, 0.15) is 23.6 Å². The predicted octanol–water partition coefficient (Wildman–Crippen LogP) is 2.64. The lowest BCUT2D eigenvalue weighted by atomic mass is 9.77. The monoisotopic (exact) mass is 361 g/mol. The van der Waals surface area contributed by atoms with Crippen molar-refractivity contribution in [2.24, 2.45) is 5.73 Å². The minimum atomic E-state index is -0.116. The lowest BCUT2D eigenvalue weighted by Crippen LogP contribution is -2.47. The largest absolute Gasteiger partial charge is 0.356 e. The molecule has 1 aliphatic heterocycles. The number of imidazole rings is 1. The lowest BCUT2D eigenvalue weighted by molar-refractivity contribution is 0.324. The van der Waals surface area contributed by atoms with Gasteiger partial charge in [0.05, 0.1) is 16.4 Å². The molecule has 7 nitrogen and oxygen atoms in total. The third-order valence-electron chi connectivity index (χ3n) is 5.95. The number of aromatic nitrogens is 5. The second-order valence-electron chi connectivity index (χ2n) is 7.47. The molecule has 0 amide bonds. The van der Waals surface area contributed by atoms with Crippen molar-refractivity contribution in [3.63, 3.8) is 0 Å². The van der Waals surface area contributed by atoms with Gasteiger partial charge in [0.2, 0.25) is 0 Å². The third-order valence-corrected chi connectivity index (χ3v) is 5.95. The van der Waals surface area contributed by atoms with Crippen LogP contribution in [0.1, 0.15) is 24.2 Å². The minimum Gasteiger partial charge on any atom is -0.356 e. The van der Waals surface area contributed by atoms with Gasteiger partial charge in [-0.25, -0.2) is 15.0 Å². The number of nitrogens with one attached hydrogen (secondary N) is 2. The molecular weight excluding hydrogens is 338 g/mol. The SMILES string of the molecule is Cc1c[nH]c2ncnc(N3CCC(CN)(c4nc5ccccc5[nH]4)CC3)c12. The van der Waals surface area contributed by atoms with Crippen LogP contribution in [-0.4, -0.2) is 44.6 Å². The Balaban J connectivity index is 1.46. The van der Waals surface area contributed by atoms with E-state index in [-0.39, 0.29) is 5.41 Å². The first kappa shape index (κ1) is 16.3. The van der Waals surface area contributed by atoms with Gasteiger partial charge < -0.3 is 20.6 Å². The number of aryl methyl sites for hydroxylation is 1. The molecule has 0 bridgehead atoms. The van der Waals surface area contributed by atoms with Gasteiger partial charge in [-0.2, -0.15) is 0 Å². The highest BCUT2D eigenvalue weighted by atomic mass is 15.2. The first-order valence-corrected chi connectivity index (χ1v) is 9.39. The highest BCUT2D eigenvalue weighted by molar-refractivity contribution is 5.90. The molecule has 1 saturated heterocycles. The van der Waals surface area contributed by atoms with Crippen LogP contribution < -0.4 is 10.6 Å². The summed E-state index contributed by atoms with van der Waals surface area (Å²) in [6.45, 7) is 4.47. The molecule has 4 N–H and O–H groups in total. The maximum absolute atomic E-state index is 6.27. The molecule has 1 aliphatic rings. The van der Waals surface area contributed by atoms with Crippen LogP contribution in [0.3, 0.4) is 0 Å². The smallest absolute Gasteiger partial charge is 0.143 e. The number of hydrogen-bond acceptors (Lipinski definition) is 5. The van der Waals surface area contributed by atoms with E-state index in [4.69, 9.17) is 10.7 Å². The van der Waals surface area contributed by atoms with Crippen molar-refractivity contribution in [3.8, 4) is 0 Å². The number of fused-ring (bicyclic) bond motifs is 2. The summed E-state index contributed by atoms with van der Waals surface area (Å²) in [5.74, 6) is 2.02. The maximum atomic E-state index is 6.27. The zero-order valence-electron chi connectivity index (χ0n) is 15.4. The predicted molar refractivity (Wildman–Crippen MR) is 107 cm³/mol. The van der Waals surface area contributed by atoms with Crippen molar-refractivity contribution in [1.29, 1.82) is 0 Å². The van der Waals surface area contributed by atoms with Gasteiger partial charge in [-0.3, -0.25) is 0 Å². The van der Waals surface area contributed by atoms with E-state index in [0.29, 0.717) is 6.54 Å². The second-order valence-corrected chi connectivity index (χ2v) is 7.47. The summed E-state index contributed by atoms with van der Waals surface area (Å²) >= 11 is 0. The van der Waals surface area contributed by atoms with Crippen LogP contribution in [0.4, 0.5) is 5.82 Å².